The van der Waals surface area contributed by atoms with Crippen LogP contribution in [-0.4, -0.2) is 16.6 Å². The van der Waals surface area contributed by atoms with E-state index >= 15 is 0 Å². The van der Waals surface area contributed by atoms with Crippen LogP contribution in [0.5, 0.6) is 0 Å². The van der Waals surface area contributed by atoms with E-state index in [1.54, 1.807) is 22.7 Å². The van der Waals surface area contributed by atoms with Crippen LogP contribution in [-0.2, 0) is 11.2 Å². The third-order valence-electron chi connectivity index (χ3n) is 4.73. The predicted octanol–water partition coefficient (Wildman–Crippen LogP) is 6.73. The molecule has 2 heterocycles. The number of hydrogen-bond donors (Lipinski definition) is 0. The maximum atomic E-state index is 13.4. The molecule has 0 unspecified atom stereocenters. The molecule has 0 saturated heterocycles. The predicted molar refractivity (Wildman–Crippen MR) is 127 cm³/mol. The Bertz CT molecular complexity index is 1190. The van der Waals surface area contributed by atoms with Gasteiger partial charge >= 0.3 is 0 Å². The van der Waals surface area contributed by atoms with Crippen molar-refractivity contribution in [2.45, 2.75) is 35.1 Å². The highest BCUT2D eigenvalue weighted by molar-refractivity contribution is 8.00. The third-order valence-corrected chi connectivity index (χ3v) is 7.07. The molecule has 0 spiro atoms. The highest BCUT2D eigenvalue weighted by Gasteiger charge is 2.28. The van der Waals surface area contributed by atoms with Gasteiger partial charge in [-0.2, -0.15) is 5.26 Å². The van der Waals surface area contributed by atoms with Gasteiger partial charge < -0.3 is 0 Å². The lowest BCUT2D eigenvalue weighted by Gasteiger charge is -2.31. The number of pyridine rings is 1. The number of carbonyl (C=O) groups excluding carboxylic acids is 1. The van der Waals surface area contributed by atoms with Crippen LogP contribution in [0.3, 0.4) is 0 Å². The first-order chi connectivity index (χ1) is 15.0. The summed E-state index contributed by atoms with van der Waals surface area (Å²) in [7, 11) is 0. The van der Waals surface area contributed by atoms with Gasteiger partial charge in [-0.15, -0.1) is 0 Å². The van der Waals surface area contributed by atoms with Gasteiger partial charge in [-0.05, 0) is 54.8 Å². The summed E-state index contributed by atoms with van der Waals surface area (Å²) in [5.41, 5.74) is 3.04. The van der Waals surface area contributed by atoms with E-state index < -0.39 is 0 Å². The zero-order chi connectivity index (χ0) is 22.0. The summed E-state index contributed by atoms with van der Waals surface area (Å²) in [6, 6.07) is 19.3. The van der Waals surface area contributed by atoms with Crippen molar-refractivity contribution in [2.75, 3.05) is 10.7 Å². The molecule has 156 valence electrons. The van der Waals surface area contributed by atoms with Gasteiger partial charge in [0.05, 0.1) is 22.7 Å². The van der Waals surface area contributed by atoms with Gasteiger partial charge in [-0.25, -0.2) is 4.98 Å². The number of fused-ring (bicyclic) bond motifs is 2. The largest absolute Gasteiger partial charge is 0.278 e. The number of thioether (sulfide) groups is 1. The summed E-state index contributed by atoms with van der Waals surface area (Å²) in [6.07, 6.45) is 0.829. The van der Waals surface area contributed by atoms with Crippen molar-refractivity contribution in [2.24, 2.45) is 5.92 Å². The molecule has 2 aromatic carbocycles. The molecule has 1 amide bonds. The molecule has 1 aromatic heterocycles. The molecule has 31 heavy (non-hydrogen) atoms. The fourth-order valence-corrected chi connectivity index (χ4v) is 5.44. The molecular formula is C24H20ClN3OS2. The van der Waals surface area contributed by atoms with E-state index in [4.69, 9.17) is 11.6 Å². The highest BCUT2D eigenvalue weighted by Crippen LogP contribution is 2.49. The molecule has 0 saturated carbocycles. The van der Waals surface area contributed by atoms with Crippen LogP contribution >= 0.6 is 35.1 Å². The average molecular weight is 466 g/mol. The second kappa shape index (κ2) is 9.35. The molecule has 0 fully saturated rings. The van der Waals surface area contributed by atoms with E-state index in [0.717, 1.165) is 33.3 Å². The topological polar surface area (TPSA) is 57.0 Å². The van der Waals surface area contributed by atoms with E-state index in [-0.39, 0.29) is 11.7 Å². The van der Waals surface area contributed by atoms with Gasteiger partial charge in [-0.3, -0.25) is 9.69 Å². The Hall–Kier alpha value is -2.46. The number of benzene rings is 2. The summed E-state index contributed by atoms with van der Waals surface area (Å²) in [6.45, 7) is 4.26. The summed E-state index contributed by atoms with van der Waals surface area (Å²) in [5, 5.41) is 10.7. The number of para-hydroxylation sites is 1. The van der Waals surface area contributed by atoms with Crippen molar-refractivity contribution in [3.8, 4) is 6.07 Å². The van der Waals surface area contributed by atoms with Gasteiger partial charge in [0.15, 0.2) is 0 Å². The van der Waals surface area contributed by atoms with E-state index in [1.807, 2.05) is 48.5 Å². The van der Waals surface area contributed by atoms with Gasteiger partial charge in [0.2, 0.25) is 5.91 Å². The second-order valence-corrected chi connectivity index (χ2v) is 10.0. The van der Waals surface area contributed by atoms with Crippen LogP contribution in [0.4, 0.5) is 11.4 Å². The SMILES string of the molecule is CC(C)Cc1ccc(C#N)c(SCC(=O)N2c3ccccc3Sc3ccc(Cl)cc32)n1. The Morgan fingerprint density at radius 1 is 1.16 bits per heavy atom. The molecule has 7 heteroatoms. The van der Waals surface area contributed by atoms with Crippen LogP contribution in [0.2, 0.25) is 5.02 Å². The first-order valence-electron chi connectivity index (χ1n) is 9.88. The van der Waals surface area contributed by atoms with Crippen molar-refractivity contribution in [1.29, 1.82) is 5.26 Å². The highest BCUT2D eigenvalue weighted by atomic mass is 35.5. The number of anilines is 2. The molecule has 3 aromatic rings. The first-order valence-corrected chi connectivity index (χ1v) is 12.1. The molecule has 1 aliphatic rings. The monoisotopic (exact) mass is 465 g/mol. The minimum absolute atomic E-state index is 0.0822. The first kappa shape index (κ1) is 21.8. The van der Waals surface area contributed by atoms with Gasteiger partial charge in [0, 0.05) is 20.5 Å². The second-order valence-electron chi connectivity index (χ2n) is 7.56. The lowest BCUT2D eigenvalue weighted by atomic mass is 10.1. The summed E-state index contributed by atoms with van der Waals surface area (Å²) >= 11 is 9.18. The van der Waals surface area contributed by atoms with Crippen LogP contribution in [0.1, 0.15) is 25.1 Å². The fraction of sp³-hybridized carbons (Fsp3) is 0.208. The van der Waals surface area contributed by atoms with E-state index in [0.29, 0.717) is 21.5 Å². The minimum atomic E-state index is -0.0822. The normalized spacial score (nSPS) is 12.3. The van der Waals surface area contributed by atoms with Crippen LogP contribution in [0, 0.1) is 17.2 Å². The Morgan fingerprint density at radius 3 is 2.71 bits per heavy atom. The van der Waals surface area contributed by atoms with Crippen molar-refractivity contribution in [3.05, 3.63) is 70.9 Å². The Labute approximate surface area is 195 Å². The number of nitrogens with zero attached hydrogens (tertiary/aromatic N) is 3. The molecule has 1 aliphatic heterocycles. The zero-order valence-electron chi connectivity index (χ0n) is 17.1. The van der Waals surface area contributed by atoms with Crippen molar-refractivity contribution < 1.29 is 4.79 Å². The molecule has 0 N–H and O–H groups in total. The number of carbonyl (C=O) groups is 1. The van der Waals surface area contributed by atoms with E-state index in [9.17, 15) is 10.1 Å². The molecule has 0 atom stereocenters. The molecule has 0 aliphatic carbocycles. The van der Waals surface area contributed by atoms with Crippen LogP contribution < -0.4 is 4.90 Å². The number of nitriles is 1. The lowest BCUT2D eigenvalue weighted by Crippen LogP contribution is -2.30. The van der Waals surface area contributed by atoms with Gasteiger partial charge in [0.1, 0.15) is 11.1 Å². The lowest BCUT2D eigenvalue weighted by molar-refractivity contribution is -0.115. The third kappa shape index (κ3) is 4.74. The molecular weight excluding hydrogens is 446 g/mol. The van der Waals surface area contributed by atoms with Crippen molar-refractivity contribution in [3.63, 3.8) is 0 Å². The van der Waals surface area contributed by atoms with Gasteiger partial charge in [-0.1, -0.05) is 61.1 Å². The smallest absolute Gasteiger partial charge is 0.242 e. The number of aromatic nitrogens is 1. The quantitative estimate of drug-likeness (QED) is 0.391. The standard InChI is InChI=1S/C24H20ClN3OS2/c1-15(2)11-18-9-7-16(13-26)24(27-18)30-14-23(29)28-19-5-3-4-6-21(19)31-22-10-8-17(25)12-20(22)28/h3-10,12,15H,11,14H2,1-2H3. The summed E-state index contributed by atoms with van der Waals surface area (Å²) in [5.74, 6) is 0.544. The van der Waals surface area contributed by atoms with E-state index in [1.165, 1.54) is 11.8 Å². The summed E-state index contributed by atoms with van der Waals surface area (Å²) in [4.78, 5) is 21.8. The number of amides is 1. The Kier molecular flexibility index (Phi) is 6.57. The average Bonchev–Trinajstić information content (AvgIpc) is 2.75. The number of rotatable bonds is 5. The number of halogens is 1. The van der Waals surface area contributed by atoms with Gasteiger partial charge in [0.25, 0.3) is 0 Å². The minimum Gasteiger partial charge on any atom is -0.278 e. The molecule has 0 radical (unpaired) electrons. The van der Waals surface area contributed by atoms with Crippen LogP contribution in [0.15, 0.2) is 69.4 Å². The fourth-order valence-electron chi connectivity index (χ4n) is 3.40. The maximum absolute atomic E-state index is 13.4. The number of hydrogen-bond acceptors (Lipinski definition) is 5. The van der Waals surface area contributed by atoms with Crippen molar-refractivity contribution >= 4 is 52.4 Å². The van der Waals surface area contributed by atoms with Crippen LogP contribution in [0.25, 0.3) is 0 Å². The molecule has 0 bridgehead atoms. The maximum Gasteiger partial charge on any atom is 0.242 e. The molecule has 4 rings (SSSR count). The Morgan fingerprint density at radius 2 is 1.94 bits per heavy atom. The summed E-state index contributed by atoms with van der Waals surface area (Å²) < 4.78 is 0. The molecule has 4 nitrogen and oxygen atoms in total. The van der Waals surface area contributed by atoms with E-state index in [2.05, 4.69) is 24.9 Å². The Balaban J connectivity index is 1.63. The van der Waals surface area contributed by atoms with Crippen molar-refractivity contribution in [1.82, 2.24) is 4.98 Å². The zero-order valence-corrected chi connectivity index (χ0v) is 19.5.